The number of hydrogen-bond acceptors (Lipinski definition) is 2. The van der Waals surface area contributed by atoms with E-state index in [9.17, 15) is 18.7 Å². The van der Waals surface area contributed by atoms with Crippen LogP contribution in [0.5, 0.6) is 0 Å². The Labute approximate surface area is 113 Å². The van der Waals surface area contributed by atoms with E-state index in [2.05, 4.69) is 0 Å². The van der Waals surface area contributed by atoms with Crippen LogP contribution >= 0.6 is 0 Å². The number of carbonyl (C=O) groups is 1. The van der Waals surface area contributed by atoms with Gasteiger partial charge in [-0.25, -0.2) is 0 Å². The first-order valence-electron chi connectivity index (χ1n) is 6.99. The molecule has 1 saturated heterocycles. The number of amides is 1. The number of unbranched alkanes of at least 4 members (excludes halogenated alkanes) is 1. The van der Waals surface area contributed by atoms with Gasteiger partial charge in [-0.3, -0.25) is 4.79 Å². The summed E-state index contributed by atoms with van der Waals surface area (Å²) in [4.78, 5) is 12.9. The lowest BCUT2D eigenvalue weighted by Crippen LogP contribution is -2.50. The summed E-state index contributed by atoms with van der Waals surface area (Å²) in [6, 6.07) is 0. The Morgan fingerprint density at radius 2 is 1.95 bits per heavy atom. The summed E-state index contributed by atoms with van der Waals surface area (Å²) in [7, 11) is 0. The molecule has 0 aromatic carbocycles. The standard InChI is InChI=1S/C14H23F2NO2/c1-3-5-8-11(4-2)12(18)14(15,16)13(19)17-9-6-7-10-17/h8,12,18H,3-7,9-10H2,1-2H3/b11-8+. The van der Waals surface area contributed by atoms with Gasteiger partial charge in [0.2, 0.25) is 0 Å². The molecule has 0 spiro atoms. The summed E-state index contributed by atoms with van der Waals surface area (Å²) in [6.07, 6.45) is 2.90. The van der Waals surface area contributed by atoms with Crippen molar-refractivity contribution >= 4 is 5.91 Å². The van der Waals surface area contributed by atoms with E-state index in [1.165, 1.54) is 0 Å². The van der Waals surface area contributed by atoms with E-state index >= 15 is 0 Å². The minimum atomic E-state index is -3.72. The summed E-state index contributed by atoms with van der Waals surface area (Å²) in [5.74, 6) is -4.96. The Bertz CT molecular complexity index is 336. The number of hydrogen-bond donors (Lipinski definition) is 1. The predicted molar refractivity (Wildman–Crippen MR) is 70.0 cm³/mol. The van der Waals surface area contributed by atoms with Gasteiger partial charge in [0.1, 0.15) is 6.10 Å². The average molecular weight is 275 g/mol. The summed E-state index contributed by atoms with van der Waals surface area (Å²) in [6.45, 7) is 4.37. The fourth-order valence-corrected chi connectivity index (χ4v) is 2.26. The van der Waals surface area contributed by atoms with Crippen LogP contribution in [-0.4, -0.2) is 41.0 Å². The van der Waals surface area contributed by atoms with Crippen molar-refractivity contribution in [1.29, 1.82) is 0 Å². The first-order valence-corrected chi connectivity index (χ1v) is 6.99. The van der Waals surface area contributed by atoms with Gasteiger partial charge in [-0.2, -0.15) is 8.78 Å². The Balaban J connectivity index is 2.81. The van der Waals surface area contributed by atoms with Crippen molar-refractivity contribution in [3.05, 3.63) is 11.6 Å². The second-order valence-electron chi connectivity index (χ2n) is 4.95. The molecule has 0 aromatic rings. The van der Waals surface area contributed by atoms with E-state index in [1.54, 1.807) is 13.0 Å². The molecule has 1 unspecified atom stereocenters. The Kier molecular flexibility index (Phi) is 5.91. The van der Waals surface area contributed by atoms with Crippen molar-refractivity contribution in [2.24, 2.45) is 0 Å². The Hall–Kier alpha value is -0.970. The van der Waals surface area contributed by atoms with E-state index in [-0.39, 0.29) is 5.57 Å². The smallest absolute Gasteiger partial charge is 0.353 e. The van der Waals surface area contributed by atoms with Gasteiger partial charge >= 0.3 is 5.92 Å². The van der Waals surface area contributed by atoms with Gasteiger partial charge in [0, 0.05) is 13.1 Å². The van der Waals surface area contributed by atoms with Crippen LogP contribution in [0.1, 0.15) is 46.0 Å². The largest absolute Gasteiger partial charge is 0.382 e. The molecule has 1 heterocycles. The first-order chi connectivity index (χ1) is 8.95. The molecule has 1 N–H and O–H groups in total. The average Bonchev–Trinajstić information content (AvgIpc) is 2.92. The number of likely N-dealkylation sites (tertiary alicyclic amines) is 1. The first kappa shape index (κ1) is 16.1. The van der Waals surface area contributed by atoms with E-state index in [0.717, 1.165) is 24.2 Å². The second-order valence-corrected chi connectivity index (χ2v) is 4.95. The van der Waals surface area contributed by atoms with E-state index in [4.69, 9.17) is 0 Å². The maximum atomic E-state index is 14.0. The number of aliphatic hydroxyl groups excluding tert-OH is 1. The molecule has 1 fully saturated rings. The third kappa shape index (κ3) is 3.75. The van der Waals surface area contributed by atoms with Crippen LogP contribution in [-0.2, 0) is 4.79 Å². The lowest BCUT2D eigenvalue weighted by molar-refractivity contribution is -0.169. The van der Waals surface area contributed by atoms with Crippen molar-refractivity contribution in [2.45, 2.75) is 58.0 Å². The molecule has 19 heavy (non-hydrogen) atoms. The number of aliphatic hydroxyl groups is 1. The zero-order chi connectivity index (χ0) is 14.5. The molecule has 3 nitrogen and oxygen atoms in total. The molecule has 5 heteroatoms. The van der Waals surface area contributed by atoms with E-state index < -0.39 is 17.9 Å². The van der Waals surface area contributed by atoms with Crippen molar-refractivity contribution in [2.75, 3.05) is 13.1 Å². The Morgan fingerprint density at radius 1 is 1.37 bits per heavy atom. The predicted octanol–water partition coefficient (Wildman–Crippen LogP) is 2.74. The van der Waals surface area contributed by atoms with E-state index in [0.29, 0.717) is 25.9 Å². The number of carbonyl (C=O) groups excluding carboxylic acids is 1. The van der Waals surface area contributed by atoms with Crippen molar-refractivity contribution in [1.82, 2.24) is 4.90 Å². The SMILES string of the molecule is CCC/C=C(\CC)C(O)C(F)(F)C(=O)N1CCCC1. The fraction of sp³-hybridized carbons (Fsp3) is 0.786. The quantitative estimate of drug-likeness (QED) is 0.757. The highest BCUT2D eigenvalue weighted by Gasteiger charge is 2.50. The fourth-order valence-electron chi connectivity index (χ4n) is 2.26. The molecule has 0 radical (unpaired) electrons. The molecule has 110 valence electrons. The molecule has 1 amide bonds. The molecule has 0 aliphatic carbocycles. The number of allylic oxidation sites excluding steroid dienone is 1. The molecule has 1 aliphatic rings. The molecule has 0 saturated carbocycles. The third-order valence-corrected chi connectivity index (χ3v) is 3.48. The van der Waals surface area contributed by atoms with Crippen molar-refractivity contribution in [3.8, 4) is 0 Å². The molecule has 1 atom stereocenters. The van der Waals surface area contributed by atoms with Crippen LogP contribution in [0.25, 0.3) is 0 Å². The maximum absolute atomic E-state index is 14.0. The van der Waals surface area contributed by atoms with E-state index in [1.807, 2.05) is 6.92 Å². The zero-order valence-corrected chi connectivity index (χ0v) is 11.7. The summed E-state index contributed by atoms with van der Waals surface area (Å²) in [5.41, 5.74) is 0.249. The number of halogens is 2. The van der Waals surface area contributed by atoms with Gasteiger partial charge in [-0.15, -0.1) is 0 Å². The highest BCUT2D eigenvalue weighted by molar-refractivity contribution is 5.85. The normalized spacial score (nSPS) is 18.8. The number of alkyl halides is 2. The van der Waals surface area contributed by atoms with Gasteiger partial charge in [0.05, 0.1) is 0 Å². The molecule has 1 rings (SSSR count). The highest BCUT2D eigenvalue weighted by Crippen LogP contribution is 2.29. The second kappa shape index (κ2) is 6.98. The van der Waals surface area contributed by atoms with Gasteiger partial charge in [-0.05, 0) is 31.3 Å². The lowest BCUT2D eigenvalue weighted by atomic mass is 9.99. The lowest BCUT2D eigenvalue weighted by Gasteiger charge is -2.27. The van der Waals surface area contributed by atoms with Gasteiger partial charge in [-0.1, -0.05) is 26.3 Å². The van der Waals surface area contributed by atoms with Crippen molar-refractivity contribution < 1.29 is 18.7 Å². The summed E-state index contributed by atoms with van der Waals surface area (Å²) < 4.78 is 28.1. The molecule has 0 bridgehead atoms. The van der Waals surface area contributed by atoms with Crippen molar-refractivity contribution in [3.63, 3.8) is 0 Å². The zero-order valence-electron chi connectivity index (χ0n) is 11.7. The minimum Gasteiger partial charge on any atom is -0.382 e. The minimum absolute atomic E-state index is 0.249. The van der Waals surface area contributed by atoms with Crippen LogP contribution < -0.4 is 0 Å². The summed E-state index contributed by atoms with van der Waals surface area (Å²) in [5, 5.41) is 9.83. The van der Waals surface area contributed by atoms with Crippen LogP contribution in [0, 0.1) is 0 Å². The van der Waals surface area contributed by atoms with Gasteiger partial charge in [0.25, 0.3) is 5.91 Å². The molecular weight excluding hydrogens is 252 g/mol. The van der Waals surface area contributed by atoms with Crippen LogP contribution in [0.3, 0.4) is 0 Å². The molecular formula is C14H23F2NO2. The maximum Gasteiger partial charge on any atom is 0.353 e. The monoisotopic (exact) mass is 275 g/mol. The number of nitrogens with zero attached hydrogens (tertiary/aromatic N) is 1. The summed E-state index contributed by atoms with van der Waals surface area (Å²) >= 11 is 0. The Morgan fingerprint density at radius 3 is 2.42 bits per heavy atom. The van der Waals surface area contributed by atoms with Crippen LogP contribution in [0.15, 0.2) is 11.6 Å². The molecule has 1 aliphatic heterocycles. The highest BCUT2D eigenvalue weighted by atomic mass is 19.3. The van der Waals surface area contributed by atoms with Gasteiger partial charge < -0.3 is 10.0 Å². The van der Waals surface area contributed by atoms with Crippen LogP contribution in [0.4, 0.5) is 8.78 Å². The van der Waals surface area contributed by atoms with Gasteiger partial charge in [0.15, 0.2) is 0 Å². The molecule has 0 aromatic heterocycles. The topological polar surface area (TPSA) is 40.5 Å². The third-order valence-electron chi connectivity index (χ3n) is 3.48. The van der Waals surface area contributed by atoms with Crippen LogP contribution in [0.2, 0.25) is 0 Å². The number of rotatable bonds is 6.